The third-order valence-electron chi connectivity index (χ3n) is 11.1. The summed E-state index contributed by atoms with van der Waals surface area (Å²) in [5, 5.41) is 14.0. The monoisotopic (exact) mass is 768 g/mol. The lowest BCUT2D eigenvalue weighted by Crippen LogP contribution is -2.35. The summed E-state index contributed by atoms with van der Waals surface area (Å²) in [6.45, 7) is 26.2. The molecule has 0 bridgehead atoms. The van der Waals surface area contributed by atoms with E-state index in [1.54, 1.807) is 24.3 Å². The van der Waals surface area contributed by atoms with Gasteiger partial charge in [0.2, 0.25) is 0 Å². The highest BCUT2D eigenvalue weighted by Crippen LogP contribution is 2.42. The van der Waals surface area contributed by atoms with Crippen LogP contribution in [0.1, 0.15) is 31.8 Å². The first-order valence-electron chi connectivity index (χ1n) is 19.8. The Bertz CT molecular complexity index is 1540. The van der Waals surface area contributed by atoms with Gasteiger partial charge < -0.3 is 40.2 Å². The normalized spacial score (nSPS) is 24.2. The van der Waals surface area contributed by atoms with Crippen molar-refractivity contribution in [1.29, 1.82) is 0 Å². The molecule has 4 heterocycles. The minimum absolute atomic E-state index is 0.150. The Morgan fingerprint density at radius 2 is 0.696 bits per heavy atom. The summed E-state index contributed by atoms with van der Waals surface area (Å²) in [7, 11) is 0. The molecule has 5 aliphatic rings. The van der Waals surface area contributed by atoms with Gasteiger partial charge in [0.25, 0.3) is 0 Å². The van der Waals surface area contributed by atoms with Crippen molar-refractivity contribution in [2.24, 2.45) is 0 Å². The second-order valence-corrected chi connectivity index (χ2v) is 14.3. The van der Waals surface area contributed by atoms with Crippen molar-refractivity contribution in [3.8, 4) is 0 Å². The number of nitrogens with zero attached hydrogens (tertiary/aromatic N) is 4. The number of carbonyl (C=O) groups is 2. The zero-order chi connectivity index (χ0) is 39.0. The molecule has 4 unspecified atom stereocenters. The summed E-state index contributed by atoms with van der Waals surface area (Å²) < 4.78 is 23.1. The molecule has 14 heteroatoms. The highest BCUT2D eigenvalue weighted by molar-refractivity contribution is 6.35. The number of hydrogen-bond acceptors (Lipinski definition) is 14. The summed E-state index contributed by atoms with van der Waals surface area (Å²) in [5.41, 5.74) is 3.90. The largest absolute Gasteiger partial charge is 0.383 e. The van der Waals surface area contributed by atoms with E-state index in [1.165, 1.54) is 0 Å². The molecule has 14 nitrogen and oxygen atoms in total. The van der Waals surface area contributed by atoms with Gasteiger partial charge in [-0.05, 0) is 48.6 Å². The topological polar surface area (TPSA) is 132 Å². The number of nitrogens with one attached hydrogen (secondary N) is 4. The molecule has 0 aromatic heterocycles. The summed E-state index contributed by atoms with van der Waals surface area (Å²) in [4.78, 5) is 39.0. The molecule has 0 radical (unpaired) electrons. The smallest absolute Gasteiger partial charge is 0.198 e. The van der Waals surface area contributed by atoms with Crippen LogP contribution < -0.4 is 21.3 Å². The second-order valence-electron chi connectivity index (χ2n) is 14.3. The number of ether oxygens (including phenoxy) is 4. The Balaban J connectivity index is 1.20. The van der Waals surface area contributed by atoms with Gasteiger partial charge in [0.1, 0.15) is 24.9 Å². The zero-order valence-electron chi connectivity index (χ0n) is 32.3. The third kappa shape index (κ3) is 8.48. The van der Waals surface area contributed by atoms with Crippen LogP contribution in [0.25, 0.3) is 0 Å². The lowest BCUT2D eigenvalue weighted by atomic mass is 9.80. The summed E-state index contributed by atoms with van der Waals surface area (Å²) >= 11 is 0. The van der Waals surface area contributed by atoms with Crippen molar-refractivity contribution in [2.45, 2.75) is 24.9 Å². The average molecular weight is 769 g/mol. The van der Waals surface area contributed by atoms with E-state index in [1.807, 2.05) is 24.3 Å². The molecule has 56 heavy (non-hydrogen) atoms. The molecule has 2 aromatic rings. The van der Waals surface area contributed by atoms with Crippen molar-refractivity contribution >= 4 is 34.3 Å². The fourth-order valence-corrected chi connectivity index (χ4v) is 8.24. The van der Waals surface area contributed by atoms with Crippen molar-refractivity contribution in [3.63, 3.8) is 0 Å². The Hall–Kier alpha value is -4.38. The molecule has 1 aliphatic carbocycles. The molecule has 4 aliphatic heterocycles. The first-order valence-corrected chi connectivity index (χ1v) is 19.8. The first kappa shape index (κ1) is 39.8. The van der Waals surface area contributed by atoms with Gasteiger partial charge in [-0.2, -0.15) is 0 Å². The predicted molar refractivity (Wildman–Crippen MR) is 220 cm³/mol. The predicted octanol–water partition coefficient (Wildman–Crippen LogP) is 3.49. The summed E-state index contributed by atoms with van der Waals surface area (Å²) in [6.07, 6.45) is 6.59. The Kier molecular flexibility index (Phi) is 13.3. The molecule has 2 aromatic carbocycles. The van der Waals surface area contributed by atoms with E-state index in [0.29, 0.717) is 124 Å². The molecule has 4 fully saturated rings. The molecule has 7 rings (SSSR count). The summed E-state index contributed by atoms with van der Waals surface area (Å²) in [6, 6.07) is 7.61. The van der Waals surface area contributed by atoms with Gasteiger partial charge in [0, 0.05) is 101 Å². The molecule has 4 N–H and O–H groups in total. The van der Waals surface area contributed by atoms with E-state index in [2.05, 4.69) is 67.2 Å². The fraction of sp³-hybridized carbons (Fsp3) is 0.476. The van der Waals surface area contributed by atoms with Gasteiger partial charge >= 0.3 is 0 Å². The van der Waals surface area contributed by atoms with Crippen LogP contribution in [0.2, 0.25) is 0 Å². The Morgan fingerprint density at radius 3 is 0.911 bits per heavy atom. The van der Waals surface area contributed by atoms with Crippen molar-refractivity contribution in [3.05, 3.63) is 97.1 Å². The van der Waals surface area contributed by atoms with Crippen LogP contribution in [0.4, 0.5) is 22.7 Å². The van der Waals surface area contributed by atoms with Crippen molar-refractivity contribution in [1.82, 2.24) is 19.6 Å². The molecule has 0 saturated carbocycles. The minimum atomic E-state index is -0.215. The van der Waals surface area contributed by atoms with E-state index in [9.17, 15) is 0 Å². The van der Waals surface area contributed by atoms with Crippen LogP contribution in [0.5, 0.6) is 0 Å². The van der Waals surface area contributed by atoms with E-state index in [0.717, 1.165) is 26.2 Å². The lowest BCUT2D eigenvalue weighted by molar-refractivity contribution is 0.0758. The highest BCUT2D eigenvalue weighted by Gasteiger charge is 2.38. The maximum absolute atomic E-state index is 15.1. The quantitative estimate of drug-likeness (QED) is 0.125. The van der Waals surface area contributed by atoms with Crippen LogP contribution in [-0.2, 0) is 18.9 Å². The number of fused-ring (bicyclic) bond motifs is 2. The number of anilines is 4. The number of ketones is 2. The fourth-order valence-electron chi connectivity index (χ4n) is 8.24. The Morgan fingerprint density at radius 1 is 0.464 bits per heavy atom. The van der Waals surface area contributed by atoms with Crippen LogP contribution in [0.3, 0.4) is 0 Å². The molecular weight excluding hydrogens is 713 g/mol. The van der Waals surface area contributed by atoms with E-state index >= 15 is 9.59 Å². The number of carbonyl (C=O) groups excluding carboxylic acids is 2. The van der Waals surface area contributed by atoms with Gasteiger partial charge in [0.05, 0.1) is 48.7 Å². The van der Waals surface area contributed by atoms with Gasteiger partial charge in [-0.1, -0.05) is 26.3 Å². The van der Waals surface area contributed by atoms with Crippen LogP contribution >= 0.6 is 0 Å². The second kappa shape index (κ2) is 18.7. The minimum Gasteiger partial charge on any atom is -0.383 e. The van der Waals surface area contributed by atoms with E-state index in [4.69, 9.17) is 18.9 Å². The van der Waals surface area contributed by atoms with Crippen LogP contribution in [-0.4, -0.2) is 161 Å². The van der Waals surface area contributed by atoms with Gasteiger partial charge in [-0.3, -0.25) is 29.2 Å². The Labute approximate surface area is 330 Å². The number of rotatable bonds is 20. The maximum Gasteiger partial charge on any atom is 0.198 e. The molecular formula is C42H56N8O6. The molecule has 4 atom stereocenters. The molecule has 0 spiro atoms. The van der Waals surface area contributed by atoms with Gasteiger partial charge in [-0.25, -0.2) is 0 Å². The zero-order valence-corrected chi connectivity index (χ0v) is 32.3. The van der Waals surface area contributed by atoms with Crippen molar-refractivity contribution < 1.29 is 28.5 Å². The van der Waals surface area contributed by atoms with Crippen LogP contribution in [0, 0.1) is 0 Å². The van der Waals surface area contributed by atoms with Crippen LogP contribution in [0.15, 0.2) is 74.9 Å². The number of hydrogen-bond donors (Lipinski definition) is 4. The number of benzene rings is 2. The standard InChI is InChI=1S/C42H56N8O6/c1-5-33-47(21-25-53-33)17-13-43-29-9-10-30(44-14-18-48-22-26-54-34(48)6-2)38-37(29)41(51)39-31(45-15-19-49-23-27-55-35(49)7-3)11-12-32(40(39)42(38)52)46-16-20-50-24-28-56-36(50)8-4/h5-12,33-36,43-46H,1-4,13-28H2. The molecule has 300 valence electrons. The SMILES string of the molecule is C=CC1OCCN1CCNc1ccc(NCCN2CCOC2C=C)c2c1C(=O)c1c(NCCN3CCOC3C=C)ccc(NCCN3CCOC3C=C)c1C2=O. The van der Waals surface area contributed by atoms with E-state index in [-0.39, 0.29) is 36.5 Å². The van der Waals surface area contributed by atoms with Crippen molar-refractivity contribution in [2.75, 3.05) is 126 Å². The summed E-state index contributed by atoms with van der Waals surface area (Å²) in [5.74, 6) is -0.429. The average Bonchev–Trinajstić information content (AvgIpc) is 4.05. The lowest BCUT2D eigenvalue weighted by Gasteiger charge is -2.29. The van der Waals surface area contributed by atoms with Gasteiger partial charge in [0.15, 0.2) is 11.6 Å². The van der Waals surface area contributed by atoms with E-state index < -0.39 is 0 Å². The maximum atomic E-state index is 15.1. The first-order chi connectivity index (χ1) is 27.4. The molecule has 4 saturated heterocycles. The third-order valence-corrected chi connectivity index (χ3v) is 11.1. The highest BCUT2D eigenvalue weighted by atomic mass is 16.5. The molecule has 0 amide bonds. The van der Waals surface area contributed by atoms with Gasteiger partial charge in [-0.15, -0.1) is 0 Å².